The van der Waals surface area contributed by atoms with Crippen LogP contribution in [0.1, 0.15) is 30.0 Å². The molecule has 0 aliphatic carbocycles. The second-order valence-corrected chi connectivity index (χ2v) is 4.49. The third-order valence-corrected chi connectivity index (χ3v) is 3.23. The maximum Gasteiger partial charge on any atom is 0.0208 e. The quantitative estimate of drug-likeness (QED) is 0.737. The first-order chi connectivity index (χ1) is 7.90. The fourth-order valence-electron chi connectivity index (χ4n) is 2.28. The highest BCUT2D eigenvalue weighted by atomic mass is 14.9. The van der Waals surface area contributed by atoms with Gasteiger partial charge in [-0.3, -0.25) is 0 Å². The SMILES string of the molecule is CCNCCCc1ccc2c(c1)CNCC2. The van der Waals surface area contributed by atoms with Gasteiger partial charge in [-0.2, -0.15) is 0 Å². The van der Waals surface area contributed by atoms with Crippen LogP contribution in [0.5, 0.6) is 0 Å². The average Bonchev–Trinajstić information content (AvgIpc) is 2.34. The van der Waals surface area contributed by atoms with Gasteiger partial charge in [-0.05, 0) is 55.6 Å². The minimum atomic E-state index is 1.05. The Morgan fingerprint density at radius 1 is 1.31 bits per heavy atom. The Balaban J connectivity index is 1.90. The molecule has 0 saturated carbocycles. The van der Waals surface area contributed by atoms with E-state index in [4.69, 9.17) is 0 Å². The molecule has 0 fully saturated rings. The van der Waals surface area contributed by atoms with Crippen molar-refractivity contribution < 1.29 is 0 Å². The van der Waals surface area contributed by atoms with Gasteiger partial charge in [-0.25, -0.2) is 0 Å². The number of benzene rings is 1. The van der Waals surface area contributed by atoms with E-state index in [9.17, 15) is 0 Å². The van der Waals surface area contributed by atoms with Crippen molar-refractivity contribution in [3.63, 3.8) is 0 Å². The summed E-state index contributed by atoms with van der Waals surface area (Å²) in [6, 6.07) is 7.00. The van der Waals surface area contributed by atoms with Crippen LogP contribution < -0.4 is 10.6 Å². The maximum atomic E-state index is 3.43. The van der Waals surface area contributed by atoms with E-state index in [1.807, 2.05) is 0 Å². The predicted octanol–water partition coefficient (Wildman–Crippen LogP) is 1.87. The summed E-state index contributed by atoms with van der Waals surface area (Å²) >= 11 is 0. The first-order valence-electron chi connectivity index (χ1n) is 6.42. The minimum Gasteiger partial charge on any atom is -0.317 e. The molecule has 0 amide bonds. The first kappa shape index (κ1) is 11.6. The average molecular weight is 218 g/mol. The van der Waals surface area contributed by atoms with Gasteiger partial charge in [0, 0.05) is 6.54 Å². The molecule has 2 rings (SSSR count). The van der Waals surface area contributed by atoms with E-state index in [0.29, 0.717) is 0 Å². The van der Waals surface area contributed by atoms with Crippen molar-refractivity contribution >= 4 is 0 Å². The molecule has 0 atom stereocenters. The van der Waals surface area contributed by atoms with Gasteiger partial charge in [0.1, 0.15) is 0 Å². The molecule has 0 spiro atoms. The van der Waals surface area contributed by atoms with Crippen LogP contribution in [0.2, 0.25) is 0 Å². The van der Waals surface area contributed by atoms with Gasteiger partial charge in [-0.1, -0.05) is 25.1 Å². The zero-order valence-corrected chi connectivity index (χ0v) is 10.2. The molecule has 0 radical (unpaired) electrons. The van der Waals surface area contributed by atoms with Gasteiger partial charge < -0.3 is 10.6 Å². The van der Waals surface area contributed by atoms with Crippen LogP contribution >= 0.6 is 0 Å². The standard InChI is InChI=1S/C14H22N2/c1-2-15-8-3-4-12-5-6-13-7-9-16-11-14(13)10-12/h5-6,10,15-16H,2-4,7-9,11H2,1H3. The van der Waals surface area contributed by atoms with Gasteiger partial charge in [0.25, 0.3) is 0 Å². The summed E-state index contributed by atoms with van der Waals surface area (Å²) in [6.07, 6.45) is 3.62. The van der Waals surface area contributed by atoms with Crippen LogP contribution in [-0.2, 0) is 19.4 Å². The van der Waals surface area contributed by atoms with E-state index >= 15 is 0 Å². The van der Waals surface area contributed by atoms with Crippen molar-refractivity contribution in [1.82, 2.24) is 10.6 Å². The molecule has 0 bridgehead atoms. The number of aryl methyl sites for hydroxylation is 1. The Kier molecular flexibility index (Phi) is 4.37. The summed E-state index contributed by atoms with van der Waals surface area (Å²) in [7, 11) is 0. The third kappa shape index (κ3) is 3.06. The molecule has 1 aliphatic rings. The third-order valence-electron chi connectivity index (χ3n) is 3.23. The van der Waals surface area contributed by atoms with Crippen molar-refractivity contribution in [3.8, 4) is 0 Å². The zero-order valence-electron chi connectivity index (χ0n) is 10.2. The summed E-state index contributed by atoms with van der Waals surface area (Å²) in [5.74, 6) is 0. The van der Waals surface area contributed by atoms with E-state index in [1.165, 1.54) is 36.0 Å². The monoisotopic (exact) mass is 218 g/mol. The molecule has 88 valence electrons. The Hall–Kier alpha value is -0.860. The van der Waals surface area contributed by atoms with E-state index in [2.05, 4.69) is 35.8 Å². The van der Waals surface area contributed by atoms with Gasteiger partial charge >= 0.3 is 0 Å². The highest BCUT2D eigenvalue weighted by Gasteiger charge is 2.08. The number of rotatable bonds is 5. The summed E-state index contributed by atoms with van der Waals surface area (Å²) < 4.78 is 0. The smallest absolute Gasteiger partial charge is 0.0208 e. The molecule has 0 unspecified atom stereocenters. The number of fused-ring (bicyclic) bond motifs is 1. The van der Waals surface area contributed by atoms with Crippen molar-refractivity contribution in [2.24, 2.45) is 0 Å². The topological polar surface area (TPSA) is 24.1 Å². The predicted molar refractivity (Wildman–Crippen MR) is 68.7 cm³/mol. The molecular formula is C14H22N2. The van der Waals surface area contributed by atoms with Crippen LogP contribution in [0.4, 0.5) is 0 Å². The minimum absolute atomic E-state index is 1.05. The summed E-state index contributed by atoms with van der Waals surface area (Å²) in [6.45, 7) is 6.55. The molecule has 2 nitrogen and oxygen atoms in total. The van der Waals surface area contributed by atoms with Crippen molar-refractivity contribution in [2.45, 2.75) is 32.7 Å². The highest BCUT2D eigenvalue weighted by molar-refractivity contribution is 5.33. The number of hydrogen-bond donors (Lipinski definition) is 2. The number of nitrogens with one attached hydrogen (secondary N) is 2. The van der Waals surface area contributed by atoms with Gasteiger partial charge in [0.2, 0.25) is 0 Å². The van der Waals surface area contributed by atoms with E-state index in [0.717, 1.165) is 26.2 Å². The van der Waals surface area contributed by atoms with Crippen LogP contribution in [0, 0.1) is 0 Å². The molecule has 2 N–H and O–H groups in total. The molecule has 0 aromatic heterocycles. The van der Waals surface area contributed by atoms with Crippen molar-refractivity contribution in [3.05, 3.63) is 34.9 Å². The second-order valence-electron chi connectivity index (χ2n) is 4.49. The largest absolute Gasteiger partial charge is 0.317 e. The molecule has 1 aromatic carbocycles. The van der Waals surface area contributed by atoms with E-state index < -0.39 is 0 Å². The van der Waals surface area contributed by atoms with Crippen LogP contribution in [0.3, 0.4) is 0 Å². The van der Waals surface area contributed by atoms with Crippen molar-refractivity contribution in [1.29, 1.82) is 0 Å². The molecule has 1 heterocycles. The Labute approximate surface area is 98.4 Å². The first-order valence-corrected chi connectivity index (χ1v) is 6.42. The van der Waals surface area contributed by atoms with Crippen LogP contribution in [0.15, 0.2) is 18.2 Å². The highest BCUT2D eigenvalue weighted by Crippen LogP contribution is 2.16. The van der Waals surface area contributed by atoms with Gasteiger partial charge in [-0.15, -0.1) is 0 Å². The lowest BCUT2D eigenvalue weighted by Gasteiger charge is -2.17. The molecule has 1 aliphatic heterocycles. The summed E-state index contributed by atoms with van der Waals surface area (Å²) in [5, 5.41) is 6.80. The summed E-state index contributed by atoms with van der Waals surface area (Å²) in [5.41, 5.74) is 4.53. The maximum absolute atomic E-state index is 3.43. The Bertz CT molecular complexity index is 334. The molecule has 0 saturated heterocycles. The normalized spacial score (nSPS) is 14.8. The van der Waals surface area contributed by atoms with E-state index in [1.54, 1.807) is 0 Å². The Morgan fingerprint density at radius 3 is 3.12 bits per heavy atom. The zero-order chi connectivity index (χ0) is 11.2. The molecular weight excluding hydrogens is 196 g/mol. The molecule has 2 heteroatoms. The van der Waals surface area contributed by atoms with Gasteiger partial charge in [0.15, 0.2) is 0 Å². The van der Waals surface area contributed by atoms with E-state index in [-0.39, 0.29) is 0 Å². The van der Waals surface area contributed by atoms with Crippen molar-refractivity contribution in [2.75, 3.05) is 19.6 Å². The molecule has 16 heavy (non-hydrogen) atoms. The number of hydrogen-bond acceptors (Lipinski definition) is 2. The fourth-order valence-corrected chi connectivity index (χ4v) is 2.28. The van der Waals surface area contributed by atoms with Crippen LogP contribution in [0.25, 0.3) is 0 Å². The molecule has 1 aromatic rings. The lowest BCUT2D eigenvalue weighted by Crippen LogP contribution is -2.23. The lowest BCUT2D eigenvalue weighted by atomic mass is 9.97. The van der Waals surface area contributed by atoms with Gasteiger partial charge in [0.05, 0.1) is 0 Å². The lowest BCUT2D eigenvalue weighted by molar-refractivity contribution is 0.640. The fraction of sp³-hybridized carbons (Fsp3) is 0.571. The Morgan fingerprint density at radius 2 is 2.25 bits per heavy atom. The summed E-state index contributed by atoms with van der Waals surface area (Å²) in [4.78, 5) is 0. The van der Waals surface area contributed by atoms with Crippen LogP contribution in [-0.4, -0.2) is 19.6 Å². The second kappa shape index (κ2) is 6.02.